The number of esters is 2. The summed E-state index contributed by atoms with van der Waals surface area (Å²) in [4.78, 5) is 25.0. The van der Waals surface area contributed by atoms with Crippen LogP contribution in [0.4, 0.5) is 10.1 Å². The molecular weight excluding hydrogens is 473 g/mol. The Hall–Kier alpha value is -2.94. The number of para-hydroxylation sites is 1. The summed E-state index contributed by atoms with van der Waals surface area (Å²) in [6, 6.07) is 9.20. The van der Waals surface area contributed by atoms with Gasteiger partial charge in [-0.05, 0) is 73.4 Å². The smallest absolute Gasteiger partial charge is 0.344 e. The largest absolute Gasteiger partial charge is 0.460 e. The Morgan fingerprint density at radius 1 is 1.14 bits per heavy atom. The maximum atomic E-state index is 13.4. The SMILES string of the molecule is Cc1cc(F)ccc1S(=O)(=O)Nc1ccccc1C(=O)OCC(=O)OC1CC(C)CCC1C(C)C. The van der Waals surface area contributed by atoms with Crippen LogP contribution < -0.4 is 4.72 Å². The number of halogens is 1. The van der Waals surface area contributed by atoms with E-state index >= 15 is 0 Å². The van der Waals surface area contributed by atoms with Crippen LogP contribution in [0.2, 0.25) is 0 Å². The fourth-order valence-corrected chi connectivity index (χ4v) is 5.83. The van der Waals surface area contributed by atoms with Crippen LogP contribution in [0, 0.1) is 30.5 Å². The van der Waals surface area contributed by atoms with Crippen LogP contribution in [0.3, 0.4) is 0 Å². The third-order valence-electron chi connectivity index (χ3n) is 6.38. The van der Waals surface area contributed by atoms with Gasteiger partial charge in [-0.25, -0.2) is 22.4 Å². The number of rotatable bonds is 8. The number of hydrogen-bond donors (Lipinski definition) is 1. The summed E-state index contributed by atoms with van der Waals surface area (Å²) in [5.74, 6) is -0.977. The average Bonchev–Trinajstić information content (AvgIpc) is 2.77. The molecule has 1 fully saturated rings. The highest BCUT2D eigenvalue weighted by molar-refractivity contribution is 7.92. The quantitative estimate of drug-likeness (QED) is 0.502. The minimum absolute atomic E-state index is 0.0180. The fourth-order valence-electron chi connectivity index (χ4n) is 4.52. The topological polar surface area (TPSA) is 98.8 Å². The summed E-state index contributed by atoms with van der Waals surface area (Å²) in [5.41, 5.74) is 0.141. The zero-order chi connectivity index (χ0) is 25.8. The molecule has 0 spiro atoms. The highest BCUT2D eigenvalue weighted by Gasteiger charge is 2.33. The van der Waals surface area contributed by atoms with Crippen molar-refractivity contribution in [3.05, 3.63) is 59.4 Å². The molecule has 1 aliphatic carbocycles. The van der Waals surface area contributed by atoms with Gasteiger partial charge in [-0.15, -0.1) is 0 Å². The Morgan fingerprint density at radius 3 is 2.54 bits per heavy atom. The van der Waals surface area contributed by atoms with Crippen molar-refractivity contribution < 1.29 is 31.9 Å². The van der Waals surface area contributed by atoms with Crippen LogP contribution in [-0.4, -0.2) is 33.1 Å². The van der Waals surface area contributed by atoms with Crippen molar-refractivity contribution in [3.63, 3.8) is 0 Å². The Kier molecular flexibility index (Phi) is 8.53. The molecule has 0 bridgehead atoms. The summed E-state index contributed by atoms with van der Waals surface area (Å²) in [5, 5.41) is 0. The molecule has 1 N–H and O–H groups in total. The first-order chi connectivity index (χ1) is 16.5. The average molecular weight is 506 g/mol. The van der Waals surface area contributed by atoms with Crippen molar-refractivity contribution in [2.24, 2.45) is 17.8 Å². The Morgan fingerprint density at radius 2 is 1.86 bits per heavy atom. The lowest BCUT2D eigenvalue weighted by Gasteiger charge is -2.36. The van der Waals surface area contributed by atoms with E-state index in [-0.39, 0.29) is 33.7 Å². The van der Waals surface area contributed by atoms with Crippen molar-refractivity contribution in [3.8, 4) is 0 Å². The van der Waals surface area contributed by atoms with Crippen LogP contribution in [0.1, 0.15) is 56.0 Å². The Balaban J connectivity index is 1.67. The molecule has 0 radical (unpaired) electrons. The number of carbonyl (C=O) groups is 2. The minimum Gasteiger partial charge on any atom is -0.460 e. The molecule has 1 aliphatic rings. The highest BCUT2D eigenvalue weighted by atomic mass is 32.2. The molecule has 3 rings (SSSR count). The standard InChI is InChI=1S/C26H32FNO6S/c1-16(2)20-11-9-17(3)13-23(20)34-25(29)15-33-26(30)21-7-5-6-8-22(21)28-35(31,32)24-12-10-19(27)14-18(24)4/h5-8,10,12,14,16-17,20,23,28H,9,11,13,15H2,1-4H3. The van der Waals surface area contributed by atoms with Crippen molar-refractivity contribution in [2.75, 3.05) is 11.3 Å². The molecule has 3 atom stereocenters. The number of carbonyl (C=O) groups excluding carboxylic acids is 2. The van der Waals surface area contributed by atoms with E-state index in [0.717, 1.165) is 37.5 Å². The third-order valence-corrected chi connectivity index (χ3v) is 7.91. The second kappa shape index (κ2) is 11.2. The number of nitrogens with one attached hydrogen (secondary N) is 1. The zero-order valence-electron chi connectivity index (χ0n) is 20.4. The number of ether oxygens (including phenoxy) is 2. The fraction of sp³-hybridized carbons (Fsp3) is 0.462. The Bertz CT molecular complexity index is 1180. The molecule has 3 unspecified atom stereocenters. The molecule has 2 aromatic carbocycles. The van der Waals surface area contributed by atoms with Gasteiger partial charge in [-0.1, -0.05) is 39.3 Å². The van der Waals surface area contributed by atoms with E-state index in [4.69, 9.17) is 9.47 Å². The normalized spacial score (nSPS) is 20.3. The van der Waals surface area contributed by atoms with Gasteiger partial charge < -0.3 is 9.47 Å². The van der Waals surface area contributed by atoms with Crippen LogP contribution >= 0.6 is 0 Å². The number of benzene rings is 2. The molecule has 0 saturated heterocycles. The van der Waals surface area contributed by atoms with E-state index in [1.54, 1.807) is 12.1 Å². The molecule has 0 aromatic heterocycles. The van der Waals surface area contributed by atoms with Crippen molar-refractivity contribution in [2.45, 2.75) is 58.0 Å². The van der Waals surface area contributed by atoms with Crippen LogP contribution in [0.15, 0.2) is 47.4 Å². The third kappa shape index (κ3) is 6.81. The molecule has 0 aliphatic heterocycles. The highest BCUT2D eigenvalue weighted by Crippen LogP contribution is 2.35. The van der Waals surface area contributed by atoms with Crippen molar-refractivity contribution in [1.29, 1.82) is 0 Å². The first-order valence-electron chi connectivity index (χ1n) is 11.7. The predicted octanol–water partition coefficient (Wildman–Crippen LogP) is 5.10. The maximum absolute atomic E-state index is 13.4. The van der Waals surface area contributed by atoms with E-state index in [2.05, 4.69) is 25.5 Å². The van der Waals surface area contributed by atoms with Gasteiger partial charge in [-0.3, -0.25) is 4.72 Å². The van der Waals surface area contributed by atoms with E-state index in [1.807, 2.05) is 0 Å². The van der Waals surface area contributed by atoms with Gasteiger partial charge in [0.2, 0.25) is 0 Å². The predicted molar refractivity (Wildman–Crippen MR) is 130 cm³/mol. The minimum atomic E-state index is -4.10. The van der Waals surface area contributed by atoms with Crippen LogP contribution in [0.5, 0.6) is 0 Å². The maximum Gasteiger partial charge on any atom is 0.344 e. The van der Waals surface area contributed by atoms with E-state index in [0.29, 0.717) is 11.8 Å². The monoisotopic (exact) mass is 505 g/mol. The van der Waals surface area contributed by atoms with Gasteiger partial charge in [0.05, 0.1) is 16.1 Å². The van der Waals surface area contributed by atoms with Gasteiger partial charge in [0.15, 0.2) is 6.61 Å². The molecule has 0 heterocycles. The van der Waals surface area contributed by atoms with Crippen LogP contribution in [-0.2, 0) is 24.3 Å². The van der Waals surface area contributed by atoms with E-state index in [9.17, 15) is 22.4 Å². The summed E-state index contributed by atoms with van der Waals surface area (Å²) in [6.45, 7) is 7.23. The number of sulfonamides is 1. The second-order valence-electron chi connectivity index (χ2n) is 9.49. The molecule has 190 valence electrons. The summed E-state index contributed by atoms with van der Waals surface area (Å²) in [7, 11) is -4.10. The summed E-state index contributed by atoms with van der Waals surface area (Å²) in [6.07, 6.45) is 2.63. The number of aryl methyl sites for hydroxylation is 1. The first kappa shape index (κ1) is 26.7. The lowest BCUT2D eigenvalue weighted by atomic mass is 9.75. The van der Waals surface area contributed by atoms with Crippen molar-refractivity contribution in [1.82, 2.24) is 0 Å². The van der Waals surface area contributed by atoms with Crippen molar-refractivity contribution >= 4 is 27.6 Å². The molecule has 35 heavy (non-hydrogen) atoms. The summed E-state index contributed by atoms with van der Waals surface area (Å²) < 4.78 is 52.3. The molecule has 2 aromatic rings. The van der Waals surface area contributed by atoms with Gasteiger partial charge in [0.1, 0.15) is 11.9 Å². The Labute approximate surface area is 206 Å². The number of anilines is 1. The summed E-state index contributed by atoms with van der Waals surface area (Å²) >= 11 is 0. The van der Waals surface area contributed by atoms with Crippen LogP contribution in [0.25, 0.3) is 0 Å². The second-order valence-corrected chi connectivity index (χ2v) is 11.1. The lowest BCUT2D eigenvalue weighted by molar-refractivity contribution is -0.159. The van der Waals surface area contributed by atoms with Gasteiger partial charge in [-0.2, -0.15) is 0 Å². The number of hydrogen-bond acceptors (Lipinski definition) is 6. The zero-order valence-corrected chi connectivity index (χ0v) is 21.2. The van der Waals surface area contributed by atoms with Gasteiger partial charge in [0, 0.05) is 0 Å². The molecular formula is C26H32FNO6S. The molecule has 0 amide bonds. The molecule has 7 nitrogen and oxygen atoms in total. The van der Waals surface area contributed by atoms with E-state index < -0.39 is 34.4 Å². The molecule has 9 heteroatoms. The van der Waals surface area contributed by atoms with E-state index in [1.165, 1.54) is 19.1 Å². The molecule has 1 saturated carbocycles. The first-order valence-corrected chi connectivity index (χ1v) is 13.2. The van der Waals surface area contributed by atoms with Gasteiger partial charge >= 0.3 is 11.9 Å². The van der Waals surface area contributed by atoms with Gasteiger partial charge in [0.25, 0.3) is 10.0 Å². The lowest BCUT2D eigenvalue weighted by Crippen LogP contribution is -2.36.